The molecule has 144 valence electrons. The Balaban J connectivity index is 2.55. The van der Waals surface area contributed by atoms with Gasteiger partial charge in [0.15, 0.2) is 0 Å². The van der Waals surface area contributed by atoms with Crippen molar-refractivity contribution in [2.24, 2.45) is 0 Å². The van der Waals surface area contributed by atoms with Crippen LogP contribution in [0.5, 0.6) is 0 Å². The van der Waals surface area contributed by atoms with Crippen molar-refractivity contribution in [3.05, 3.63) is 33.9 Å². The fraction of sp³-hybridized carbons (Fsp3) is 0.429. The van der Waals surface area contributed by atoms with Gasteiger partial charge in [-0.15, -0.1) is 0 Å². The number of anilines is 1. The maximum Gasteiger partial charge on any atom is 0.416 e. The second-order valence-corrected chi connectivity index (χ2v) is 5.01. The normalized spacial score (nSPS) is 10.9. The lowest BCUT2D eigenvalue weighted by Crippen LogP contribution is -2.38. The van der Waals surface area contributed by atoms with Crippen LogP contribution in [0.25, 0.3) is 0 Å². The van der Waals surface area contributed by atoms with E-state index in [9.17, 15) is 32.9 Å². The molecule has 1 aromatic carbocycles. The Kier molecular flexibility index (Phi) is 7.77. The molecule has 0 aromatic heterocycles. The van der Waals surface area contributed by atoms with E-state index in [0.29, 0.717) is 12.1 Å². The van der Waals surface area contributed by atoms with E-state index in [1.54, 1.807) is 0 Å². The summed E-state index contributed by atoms with van der Waals surface area (Å²) in [6.07, 6.45) is -4.87. The number of nitro groups is 1. The molecule has 0 fully saturated rings. The van der Waals surface area contributed by atoms with Gasteiger partial charge in [-0.05, 0) is 12.1 Å². The quantitative estimate of drug-likeness (QED) is 0.368. The molecule has 12 heteroatoms. The largest absolute Gasteiger partial charge is 0.416 e. The van der Waals surface area contributed by atoms with E-state index in [-0.39, 0.29) is 38.3 Å². The summed E-state index contributed by atoms with van der Waals surface area (Å²) in [6.45, 7) is -0.584. The van der Waals surface area contributed by atoms with Gasteiger partial charge < -0.3 is 21.1 Å². The molecule has 0 unspecified atom stereocenters. The number of aliphatic hydroxyl groups is 1. The monoisotopic (exact) mass is 378 g/mol. The van der Waals surface area contributed by atoms with Crippen molar-refractivity contribution in [3.63, 3.8) is 0 Å². The number of nitrogens with one attached hydrogen (secondary N) is 3. The SMILES string of the molecule is O=C(CCNc1ccc(C(F)(F)F)cc1[N+](=O)[O-])NCC(=O)NCCO. The smallest absolute Gasteiger partial charge is 0.395 e. The number of alkyl halides is 3. The van der Waals surface area contributed by atoms with Crippen LogP contribution >= 0.6 is 0 Å². The lowest BCUT2D eigenvalue weighted by Gasteiger charge is -2.10. The molecule has 1 rings (SSSR count). The van der Waals surface area contributed by atoms with E-state index >= 15 is 0 Å². The number of hydrogen-bond donors (Lipinski definition) is 4. The van der Waals surface area contributed by atoms with Crippen molar-refractivity contribution < 1.29 is 32.8 Å². The minimum absolute atomic E-state index is 0.0495. The van der Waals surface area contributed by atoms with Gasteiger partial charge in [-0.3, -0.25) is 19.7 Å². The number of carbonyl (C=O) groups is 2. The number of amides is 2. The maximum absolute atomic E-state index is 12.6. The standard InChI is InChI=1S/C14H17F3N4O5/c15-14(16,17)9-1-2-10(11(7-9)21(25)26)18-4-3-12(23)20-8-13(24)19-5-6-22/h1-2,7,18,22H,3-6,8H2,(H,19,24)(H,20,23). The maximum atomic E-state index is 12.6. The summed E-state index contributed by atoms with van der Waals surface area (Å²) in [5.41, 5.74) is -2.07. The number of hydrogen-bond acceptors (Lipinski definition) is 6. The fourth-order valence-corrected chi connectivity index (χ4v) is 1.84. The molecule has 0 heterocycles. The molecular weight excluding hydrogens is 361 g/mol. The third-order valence-electron chi connectivity index (χ3n) is 3.07. The Morgan fingerprint density at radius 1 is 1.15 bits per heavy atom. The minimum Gasteiger partial charge on any atom is -0.395 e. The van der Waals surface area contributed by atoms with Crippen LogP contribution in [0.1, 0.15) is 12.0 Å². The molecule has 0 saturated carbocycles. The summed E-state index contributed by atoms with van der Waals surface area (Å²) in [5.74, 6) is -1.04. The number of rotatable bonds is 9. The number of aliphatic hydroxyl groups excluding tert-OH is 1. The van der Waals surface area contributed by atoms with Crippen molar-refractivity contribution in [2.45, 2.75) is 12.6 Å². The molecule has 26 heavy (non-hydrogen) atoms. The number of benzene rings is 1. The van der Waals surface area contributed by atoms with Crippen molar-refractivity contribution in [3.8, 4) is 0 Å². The number of carbonyl (C=O) groups excluding carboxylic acids is 2. The zero-order chi connectivity index (χ0) is 19.7. The molecule has 0 saturated heterocycles. The number of nitrogens with zero attached hydrogens (tertiary/aromatic N) is 1. The molecule has 0 bridgehead atoms. The van der Waals surface area contributed by atoms with Gasteiger partial charge in [0, 0.05) is 25.6 Å². The first-order valence-electron chi connectivity index (χ1n) is 7.39. The Hall–Kier alpha value is -2.89. The first-order valence-corrected chi connectivity index (χ1v) is 7.39. The third-order valence-corrected chi connectivity index (χ3v) is 3.07. The molecular formula is C14H17F3N4O5. The molecule has 0 aliphatic carbocycles. The summed E-state index contributed by atoms with van der Waals surface area (Å²) >= 11 is 0. The van der Waals surface area contributed by atoms with E-state index in [2.05, 4.69) is 16.0 Å². The van der Waals surface area contributed by atoms with Crippen LogP contribution in [0, 0.1) is 10.1 Å². The topological polar surface area (TPSA) is 134 Å². The van der Waals surface area contributed by atoms with Gasteiger partial charge >= 0.3 is 6.18 Å². The van der Waals surface area contributed by atoms with Crippen LogP contribution in [0.2, 0.25) is 0 Å². The third kappa shape index (κ3) is 6.93. The van der Waals surface area contributed by atoms with Gasteiger partial charge in [0.2, 0.25) is 11.8 Å². The van der Waals surface area contributed by atoms with E-state index in [1.807, 2.05) is 0 Å². The summed E-state index contributed by atoms with van der Waals surface area (Å²) in [6, 6.07) is 2.02. The van der Waals surface area contributed by atoms with Gasteiger partial charge in [0.05, 0.1) is 23.6 Å². The second kappa shape index (κ2) is 9.56. The van der Waals surface area contributed by atoms with E-state index in [0.717, 1.165) is 6.07 Å². The van der Waals surface area contributed by atoms with Gasteiger partial charge in [-0.1, -0.05) is 0 Å². The van der Waals surface area contributed by atoms with Crippen molar-refractivity contribution >= 4 is 23.2 Å². The van der Waals surface area contributed by atoms with Gasteiger partial charge in [-0.25, -0.2) is 0 Å². The van der Waals surface area contributed by atoms with Crippen molar-refractivity contribution in [1.82, 2.24) is 10.6 Å². The average Bonchev–Trinajstić information content (AvgIpc) is 2.57. The van der Waals surface area contributed by atoms with Crippen LogP contribution in [-0.4, -0.2) is 48.1 Å². The molecule has 1 aromatic rings. The molecule has 0 aliphatic heterocycles. The van der Waals surface area contributed by atoms with Gasteiger partial charge in [0.25, 0.3) is 5.69 Å². The highest BCUT2D eigenvalue weighted by Gasteiger charge is 2.33. The summed E-state index contributed by atoms with van der Waals surface area (Å²) < 4.78 is 37.8. The first kappa shape index (κ1) is 21.2. The van der Waals surface area contributed by atoms with Crippen LogP contribution in [-0.2, 0) is 15.8 Å². The Labute approximate surface area is 145 Å². The van der Waals surface area contributed by atoms with Crippen molar-refractivity contribution in [1.29, 1.82) is 0 Å². The summed E-state index contributed by atoms with van der Waals surface area (Å²) in [5, 5.41) is 26.6. The van der Waals surface area contributed by atoms with Gasteiger partial charge in [0.1, 0.15) is 5.69 Å². The zero-order valence-corrected chi connectivity index (χ0v) is 13.4. The van der Waals surface area contributed by atoms with Crippen LogP contribution in [0.4, 0.5) is 24.5 Å². The zero-order valence-electron chi connectivity index (χ0n) is 13.4. The molecule has 0 spiro atoms. The Morgan fingerprint density at radius 3 is 2.42 bits per heavy atom. The lowest BCUT2D eigenvalue weighted by atomic mass is 10.1. The first-order chi connectivity index (χ1) is 12.1. The Bertz CT molecular complexity index is 666. The molecule has 2 amide bonds. The van der Waals surface area contributed by atoms with E-state index in [1.165, 1.54) is 0 Å². The molecule has 0 aliphatic rings. The highest BCUT2D eigenvalue weighted by atomic mass is 19.4. The van der Waals surface area contributed by atoms with Crippen LogP contribution < -0.4 is 16.0 Å². The summed E-state index contributed by atoms with van der Waals surface area (Å²) in [4.78, 5) is 32.7. The molecule has 9 nitrogen and oxygen atoms in total. The highest BCUT2D eigenvalue weighted by Crippen LogP contribution is 2.34. The van der Waals surface area contributed by atoms with Crippen LogP contribution in [0.3, 0.4) is 0 Å². The van der Waals surface area contributed by atoms with E-state index < -0.39 is 34.2 Å². The minimum atomic E-state index is -4.71. The Morgan fingerprint density at radius 2 is 1.85 bits per heavy atom. The molecule has 0 radical (unpaired) electrons. The lowest BCUT2D eigenvalue weighted by molar-refractivity contribution is -0.384. The predicted molar refractivity (Wildman–Crippen MR) is 84.3 cm³/mol. The number of halogens is 3. The second-order valence-electron chi connectivity index (χ2n) is 5.01. The van der Waals surface area contributed by atoms with Crippen molar-refractivity contribution in [2.75, 3.05) is 31.6 Å². The molecule has 0 atom stereocenters. The van der Waals surface area contributed by atoms with Gasteiger partial charge in [-0.2, -0.15) is 13.2 Å². The number of nitro benzene ring substituents is 1. The fourth-order valence-electron chi connectivity index (χ4n) is 1.84. The predicted octanol–water partition coefficient (Wildman–Crippen LogP) is 0.640. The molecule has 4 N–H and O–H groups in total. The van der Waals surface area contributed by atoms with E-state index in [4.69, 9.17) is 5.11 Å². The average molecular weight is 378 g/mol. The highest BCUT2D eigenvalue weighted by molar-refractivity contribution is 5.84. The summed E-state index contributed by atoms with van der Waals surface area (Å²) in [7, 11) is 0. The van der Waals surface area contributed by atoms with Crippen LogP contribution in [0.15, 0.2) is 18.2 Å².